The molecule has 0 radical (unpaired) electrons. The molecule has 2 atom stereocenters. The minimum atomic E-state index is -1.21. The molecular weight excluding hydrogens is 440 g/mol. The molecule has 0 saturated heterocycles. The second kappa shape index (κ2) is 12.6. The summed E-state index contributed by atoms with van der Waals surface area (Å²) >= 11 is 0. The molecule has 3 N–H and O–H groups in total. The molecule has 0 aliphatic carbocycles. The lowest BCUT2D eigenvalue weighted by Crippen LogP contribution is -2.54. The van der Waals surface area contributed by atoms with Gasteiger partial charge in [-0.1, -0.05) is 42.5 Å². The molecule has 0 bridgehead atoms. The molecule has 9 heteroatoms. The van der Waals surface area contributed by atoms with E-state index in [4.69, 9.17) is 14.2 Å². The Labute approximate surface area is 199 Å². The normalized spacial score (nSPS) is 12.8. The maximum atomic E-state index is 12.9. The SMILES string of the molecule is COc1ccc(CC(NC(=O)C(COCc2ccccc2)NC(=O)OC(C)(C)C)C(=O)O)cc1. The Kier molecular flexibility index (Phi) is 9.88. The van der Waals surface area contributed by atoms with Crippen LogP contribution in [0.15, 0.2) is 54.6 Å². The summed E-state index contributed by atoms with van der Waals surface area (Å²) in [5.74, 6) is -1.26. The van der Waals surface area contributed by atoms with Crippen molar-refractivity contribution < 1.29 is 33.7 Å². The van der Waals surface area contributed by atoms with Gasteiger partial charge in [-0.05, 0) is 44.0 Å². The summed E-state index contributed by atoms with van der Waals surface area (Å²) in [5, 5.41) is 14.6. The summed E-state index contributed by atoms with van der Waals surface area (Å²) < 4.78 is 16.0. The van der Waals surface area contributed by atoms with Crippen molar-refractivity contribution in [3.63, 3.8) is 0 Å². The van der Waals surface area contributed by atoms with E-state index >= 15 is 0 Å². The molecule has 2 aromatic carbocycles. The number of hydrogen-bond donors (Lipinski definition) is 3. The number of carboxylic acid groups (broad SMARTS) is 1. The van der Waals surface area contributed by atoms with Gasteiger partial charge in [-0.3, -0.25) is 4.79 Å². The molecule has 2 rings (SSSR count). The van der Waals surface area contributed by atoms with Gasteiger partial charge in [0, 0.05) is 6.42 Å². The molecule has 0 aliphatic rings. The first kappa shape index (κ1) is 26.7. The molecule has 0 fully saturated rings. The summed E-state index contributed by atoms with van der Waals surface area (Å²) in [4.78, 5) is 37.0. The molecule has 184 valence electrons. The van der Waals surface area contributed by atoms with Crippen LogP contribution in [-0.2, 0) is 32.1 Å². The zero-order chi connectivity index (χ0) is 25.1. The van der Waals surface area contributed by atoms with Crippen molar-refractivity contribution in [1.82, 2.24) is 10.6 Å². The van der Waals surface area contributed by atoms with Gasteiger partial charge in [0.25, 0.3) is 0 Å². The molecule has 34 heavy (non-hydrogen) atoms. The maximum Gasteiger partial charge on any atom is 0.408 e. The van der Waals surface area contributed by atoms with Gasteiger partial charge in [-0.15, -0.1) is 0 Å². The number of ether oxygens (including phenoxy) is 3. The molecule has 0 spiro atoms. The van der Waals surface area contributed by atoms with Crippen LogP contribution in [0.2, 0.25) is 0 Å². The van der Waals surface area contributed by atoms with E-state index in [1.165, 1.54) is 7.11 Å². The molecule has 9 nitrogen and oxygen atoms in total. The molecule has 0 saturated carbocycles. The fourth-order valence-electron chi connectivity index (χ4n) is 2.97. The number of rotatable bonds is 11. The third kappa shape index (κ3) is 9.50. The summed E-state index contributed by atoms with van der Waals surface area (Å²) in [5.41, 5.74) is 0.820. The zero-order valence-corrected chi connectivity index (χ0v) is 19.9. The molecule has 0 aromatic heterocycles. The Bertz CT molecular complexity index is 940. The quantitative estimate of drug-likeness (QED) is 0.459. The first-order valence-corrected chi connectivity index (χ1v) is 10.8. The first-order chi connectivity index (χ1) is 16.1. The van der Waals surface area contributed by atoms with Crippen molar-refractivity contribution >= 4 is 18.0 Å². The van der Waals surface area contributed by atoms with Crippen LogP contribution < -0.4 is 15.4 Å². The number of carboxylic acids is 1. The van der Waals surface area contributed by atoms with Gasteiger partial charge in [0.2, 0.25) is 5.91 Å². The highest BCUT2D eigenvalue weighted by Gasteiger charge is 2.28. The molecule has 2 amide bonds. The van der Waals surface area contributed by atoms with Crippen LogP contribution in [0.1, 0.15) is 31.9 Å². The number of carbonyl (C=O) groups excluding carboxylic acids is 2. The third-order valence-corrected chi connectivity index (χ3v) is 4.62. The highest BCUT2D eigenvalue weighted by molar-refractivity contribution is 5.89. The van der Waals surface area contributed by atoms with E-state index in [-0.39, 0.29) is 19.6 Å². The predicted octanol–water partition coefficient (Wildman–Crippen LogP) is 2.92. The van der Waals surface area contributed by atoms with Gasteiger partial charge in [-0.2, -0.15) is 0 Å². The standard InChI is InChI=1S/C25H32N2O7/c1-25(2,3)34-24(31)27-21(16-33-15-18-8-6-5-7-9-18)22(28)26-20(23(29)30)14-17-10-12-19(32-4)13-11-17/h5-13,20-21H,14-16H2,1-4H3,(H,26,28)(H,27,31)(H,29,30). The van der Waals surface area contributed by atoms with E-state index in [1.807, 2.05) is 30.3 Å². The van der Waals surface area contributed by atoms with Gasteiger partial charge in [-0.25, -0.2) is 9.59 Å². The third-order valence-electron chi connectivity index (χ3n) is 4.62. The smallest absolute Gasteiger partial charge is 0.408 e. The second-order valence-corrected chi connectivity index (χ2v) is 8.65. The molecular formula is C25H32N2O7. The van der Waals surface area contributed by atoms with E-state index in [0.717, 1.165) is 5.56 Å². The number of benzene rings is 2. The number of alkyl carbamates (subject to hydrolysis) is 1. The predicted molar refractivity (Wildman–Crippen MR) is 126 cm³/mol. The van der Waals surface area contributed by atoms with E-state index in [9.17, 15) is 19.5 Å². The van der Waals surface area contributed by atoms with E-state index in [1.54, 1.807) is 45.0 Å². The van der Waals surface area contributed by atoms with Crippen molar-refractivity contribution in [2.75, 3.05) is 13.7 Å². The largest absolute Gasteiger partial charge is 0.497 e. The van der Waals surface area contributed by atoms with Crippen molar-refractivity contribution in [3.8, 4) is 5.75 Å². The topological polar surface area (TPSA) is 123 Å². The van der Waals surface area contributed by atoms with Crippen LogP contribution in [0.3, 0.4) is 0 Å². The van der Waals surface area contributed by atoms with Crippen LogP contribution in [-0.4, -0.2) is 54.5 Å². The van der Waals surface area contributed by atoms with Gasteiger partial charge >= 0.3 is 12.1 Å². The number of nitrogens with one attached hydrogen (secondary N) is 2. The van der Waals surface area contributed by atoms with Crippen molar-refractivity contribution in [2.24, 2.45) is 0 Å². The van der Waals surface area contributed by atoms with Crippen LogP contribution in [0.25, 0.3) is 0 Å². The Morgan fingerprint density at radius 2 is 1.56 bits per heavy atom. The van der Waals surface area contributed by atoms with Crippen LogP contribution in [0.4, 0.5) is 4.79 Å². The van der Waals surface area contributed by atoms with E-state index < -0.39 is 35.7 Å². The second-order valence-electron chi connectivity index (χ2n) is 8.65. The maximum absolute atomic E-state index is 12.9. The Morgan fingerprint density at radius 3 is 2.12 bits per heavy atom. The lowest BCUT2D eigenvalue weighted by atomic mass is 10.1. The molecule has 0 aliphatic heterocycles. The molecule has 2 aromatic rings. The van der Waals surface area contributed by atoms with Crippen LogP contribution in [0, 0.1) is 0 Å². The summed E-state index contributed by atoms with van der Waals surface area (Å²) in [7, 11) is 1.53. The number of methoxy groups -OCH3 is 1. The molecule has 2 unspecified atom stereocenters. The fraction of sp³-hybridized carbons (Fsp3) is 0.400. The first-order valence-electron chi connectivity index (χ1n) is 10.8. The summed E-state index contributed by atoms with van der Waals surface area (Å²) in [6, 6.07) is 13.8. The number of carbonyl (C=O) groups is 3. The Balaban J connectivity index is 2.07. The number of hydrogen-bond acceptors (Lipinski definition) is 6. The lowest BCUT2D eigenvalue weighted by Gasteiger charge is -2.24. The minimum absolute atomic E-state index is 0.0507. The van der Waals surface area contributed by atoms with Gasteiger partial charge in [0.05, 0.1) is 20.3 Å². The van der Waals surface area contributed by atoms with Gasteiger partial charge in [0.15, 0.2) is 0 Å². The Morgan fingerprint density at radius 1 is 0.912 bits per heavy atom. The van der Waals surface area contributed by atoms with Crippen molar-refractivity contribution in [3.05, 3.63) is 65.7 Å². The fourth-order valence-corrected chi connectivity index (χ4v) is 2.97. The average Bonchev–Trinajstić information content (AvgIpc) is 2.77. The number of aliphatic carboxylic acids is 1. The summed E-state index contributed by atoms with van der Waals surface area (Å²) in [6.45, 7) is 5.14. The monoisotopic (exact) mass is 472 g/mol. The van der Waals surface area contributed by atoms with Crippen molar-refractivity contribution in [2.45, 2.75) is 51.5 Å². The Hall–Kier alpha value is -3.59. The molecule has 0 heterocycles. The van der Waals surface area contributed by atoms with Crippen molar-refractivity contribution in [1.29, 1.82) is 0 Å². The van der Waals surface area contributed by atoms with Gasteiger partial charge in [0.1, 0.15) is 23.4 Å². The highest BCUT2D eigenvalue weighted by Crippen LogP contribution is 2.13. The van der Waals surface area contributed by atoms with E-state index in [0.29, 0.717) is 11.3 Å². The summed E-state index contributed by atoms with van der Waals surface area (Å²) in [6.07, 6.45) is -0.757. The van der Waals surface area contributed by atoms with Crippen LogP contribution in [0.5, 0.6) is 5.75 Å². The lowest BCUT2D eigenvalue weighted by molar-refractivity contribution is -0.142. The highest BCUT2D eigenvalue weighted by atomic mass is 16.6. The zero-order valence-electron chi connectivity index (χ0n) is 19.9. The van der Waals surface area contributed by atoms with E-state index in [2.05, 4.69) is 10.6 Å². The van der Waals surface area contributed by atoms with Gasteiger partial charge < -0.3 is 30.0 Å². The van der Waals surface area contributed by atoms with Crippen LogP contribution >= 0.6 is 0 Å². The average molecular weight is 473 g/mol. The minimum Gasteiger partial charge on any atom is -0.497 e. The number of amides is 2.